The summed E-state index contributed by atoms with van der Waals surface area (Å²) in [6, 6.07) is 3.66. The van der Waals surface area contributed by atoms with Crippen molar-refractivity contribution >= 4 is 39.8 Å². The number of sulfone groups is 1. The highest BCUT2D eigenvalue weighted by Crippen LogP contribution is 1.98. The highest BCUT2D eigenvalue weighted by atomic mass is 127. The van der Waals surface area contributed by atoms with Gasteiger partial charge in [-0.25, -0.2) is 8.42 Å². The lowest BCUT2D eigenvalue weighted by Gasteiger charge is -2.10. The van der Waals surface area contributed by atoms with Crippen molar-refractivity contribution in [2.45, 2.75) is 13.5 Å². The van der Waals surface area contributed by atoms with Crippen molar-refractivity contribution in [3.05, 3.63) is 24.2 Å². The maximum absolute atomic E-state index is 11.3. The second kappa shape index (κ2) is 9.18. The molecule has 8 heteroatoms. The Balaban J connectivity index is 0.00000324. The van der Waals surface area contributed by atoms with Crippen LogP contribution in [0.2, 0.25) is 0 Å². The van der Waals surface area contributed by atoms with E-state index in [-0.39, 0.29) is 35.5 Å². The summed E-state index contributed by atoms with van der Waals surface area (Å²) < 4.78 is 27.8. The minimum Gasteiger partial charge on any atom is -0.467 e. The lowest BCUT2D eigenvalue weighted by atomic mass is 10.4. The van der Waals surface area contributed by atoms with Crippen LogP contribution in [0.25, 0.3) is 0 Å². The summed E-state index contributed by atoms with van der Waals surface area (Å²) in [4.78, 5) is 3.99. The van der Waals surface area contributed by atoms with Crippen LogP contribution >= 0.6 is 24.0 Å². The monoisotopic (exact) mass is 401 g/mol. The van der Waals surface area contributed by atoms with Crippen LogP contribution in [0.4, 0.5) is 0 Å². The Kier molecular flexibility index (Phi) is 8.81. The van der Waals surface area contributed by atoms with Crippen LogP contribution < -0.4 is 10.6 Å². The molecule has 0 saturated carbocycles. The minimum absolute atomic E-state index is 0. The molecule has 0 aromatic carbocycles. The zero-order valence-electron chi connectivity index (χ0n) is 11.0. The van der Waals surface area contributed by atoms with Gasteiger partial charge in [-0.05, 0) is 12.1 Å². The number of guanidine groups is 1. The number of nitrogens with one attached hydrogen (secondary N) is 2. The van der Waals surface area contributed by atoms with Crippen molar-refractivity contribution in [3.8, 4) is 0 Å². The number of halogens is 1. The van der Waals surface area contributed by atoms with Gasteiger partial charge >= 0.3 is 0 Å². The van der Waals surface area contributed by atoms with Gasteiger partial charge < -0.3 is 15.1 Å². The van der Waals surface area contributed by atoms with Gasteiger partial charge in [-0.3, -0.25) is 4.99 Å². The standard InChI is InChI=1S/C11H19N3O3S.HI/c1-3-18(15,16)8-6-13-11(12-2)14-9-10-5-4-7-17-10;/h4-5,7H,3,6,8-9H2,1-2H3,(H2,12,13,14);1H. The Hall–Kier alpha value is -0.770. The highest BCUT2D eigenvalue weighted by molar-refractivity contribution is 14.0. The quantitative estimate of drug-likeness (QED) is 0.422. The molecule has 110 valence electrons. The van der Waals surface area contributed by atoms with Crippen LogP contribution in [0.1, 0.15) is 12.7 Å². The lowest BCUT2D eigenvalue weighted by molar-refractivity contribution is 0.501. The summed E-state index contributed by atoms with van der Waals surface area (Å²) in [7, 11) is -1.31. The van der Waals surface area contributed by atoms with Crippen molar-refractivity contribution in [2.24, 2.45) is 4.99 Å². The molecular weight excluding hydrogens is 381 g/mol. The van der Waals surface area contributed by atoms with E-state index < -0.39 is 9.84 Å². The fraction of sp³-hybridized carbons (Fsp3) is 0.545. The molecule has 6 nitrogen and oxygen atoms in total. The van der Waals surface area contributed by atoms with Crippen LogP contribution in [0.15, 0.2) is 27.8 Å². The molecule has 19 heavy (non-hydrogen) atoms. The molecule has 1 aromatic rings. The number of hydrogen-bond donors (Lipinski definition) is 2. The van der Waals surface area contributed by atoms with Crippen LogP contribution in [-0.2, 0) is 16.4 Å². The molecule has 0 bridgehead atoms. The Morgan fingerprint density at radius 1 is 1.42 bits per heavy atom. The SMILES string of the molecule is CCS(=O)(=O)CCNC(=NC)NCc1ccco1.I. The summed E-state index contributed by atoms with van der Waals surface area (Å²) in [6.45, 7) is 2.49. The normalized spacial score (nSPS) is 11.8. The average molecular weight is 401 g/mol. The van der Waals surface area contributed by atoms with Crippen LogP contribution in [0.5, 0.6) is 0 Å². The third-order valence-corrected chi connectivity index (χ3v) is 4.08. The molecule has 0 aliphatic rings. The summed E-state index contributed by atoms with van der Waals surface area (Å²) in [6.07, 6.45) is 1.60. The lowest BCUT2D eigenvalue weighted by Crippen LogP contribution is -2.39. The second-order valence-corrected chi connectivity index (χ2v) is 6.14. The van der Waals surface area contributed by atoms with Crippen molar-refractivity contribution in [1.82, 2.24) is 10.6 Å². The number of nitrogens with zero attached hydrogens (tertiary/aromatic N) is 1. The molecule has 2 N–H and O–H groups in total. The molecule has 0 amide bonds. The van der Waals surface area contributed by atoms with Gasteiger partial charge in [0.25, 0.3) is 0 Å². The van der Waals surface area contributed by atoms with E-state index in [1.807, 2.05) is 6.07 Å². The van der Waals surface area contributed by atoms with Gasteiger partial charge in [0, 0.05) is 19.3 Å². The first-order chi connectivity index (χ1) is 8.57. The largest absolute Gasteiger partial charge is 0.467 e. The highest BCUT2D eigenvalue weighted by Gasteiger charge is 2.07. The third-order valence-electron chi connectivity index (χ3n) is 2.38. The molecule has 0 saturated heterocycles. The Morgan fingerprint density at radius 3 is 2.68 bits per heavy atom. The summed E-state index contributed by atoms with van der Waals surface area (Å²) in [5.41, 5.74) is 0. The fourth-order valence-corrected chi connectivity index (χ4v) is 1.98. The van der Waals surface area contributed by atoms with Gasteiger partial charge in [-0.15, -0.1) is 24.0 Å². The number of rotatable bonds is 6. The number of furan rings is 1. The molecule has 0 unspecified atom stereocenters. The molecule has 0 atom stereocenters. The molecule has 1 heterocycles. The minimum atomic E-state index is -2.95. The molecule has 0 aliphatic heterocycles. The first-order valence-corrected chi connectivity index (χ1v) is 7.57. The maximum atomic E-state index is 11.3. The van der Waals surface area contributed by atoms with E-state index in [0.717, 1.165) is 5.76 Å². The topological polar surface area (TPSA) is 83.7 Å². The van der Waals surface area contributed by atoms with Crippen molar-refractivity contribution in [1.29, 1.82) is 0 Å². The average Bonchev–Trinajstić information content (AvgIpc) is 2.86. The van der Waals surface area contributed by atoms with E-state index in [1.54, 1.807) is 26.3 Å². The smallest absolute Gasteiger partial charge is 0.191 e. The maximum Gasteiger partial charge on any atom is 0.191 e. The predicted octanol–water partition coefficient (Wildman–Crippen LogP) is 0.997. The molecular formula is C11H20IN3O3S. The van der Waals surface area contributed by atoms with E-state index in [9.17, 15) is 8.42 Å². The van der Waals surface area contributed by atoms with Crippen LogP contribution in [0, 0.1) is 0 Å². The van der Waals surface area contributed by atoms with Gasteiger partial charge in [0.15, 0.2) is 15.8 Å². The Labute approximate surface area is 131 Å². The predicted molar refractivity (Wildman–Crippen MR) is 86.7 cm³/mol. The van der Waals surface area contributed by atoms with Crippen LogP contribution in [-0.4, -0.2) is 39.5 Å². The van der Waals surface area contributed by atoms with Gasteiger partial charge in [0.05, 0.1) is 18.6 Å². The van der Waals surface area contributed by atoms with E-state index in [0.29, 0.717) is 19.0 Å². The van der Waals surface area contributed by atoms with Crippen molar-refractivity contribution < 1.29 is 12.8 Å². The van der Waals surface area contributed by atoms with Gasteiger partial charge in [0.1, 0.15) is 5.76 Å². The van der Waals surface area contributed by atoms with E-state index in [4.69, 9.17) is 4.42 Å². The van der Waals surface area contributed by atoms with Gasteiger partial charge in [0.2, 0.25) is 0 Å². The summed E-state index contributed by atoms with van der Waals surface area (Å²) in [5, 5.41) is 5.97. The molecule has 0 aliphatic carbocycles. The molecule has 1 rings (SSSR count). The first kappa shape index (κ1) is 18.2. The zero-order valence-corrected chi connectivity index (χ0v) is 14.2. The second-order valence-electron chi connectivity index (χ2n) is 3.67. The molecule has 1 aromatic heterocycles. The molecule has 0 spiro atoms. The molecule has 0 fully saturated rings. The Bertz CT molecular complexity index is 471. The van der Waals surface area contributed by atoms with Gasteiger partial charge in [-0.2, -0.15) is 0 Å². The fourth-order valence-electron chi connectivity index (χ4n) is 1.27. The number of aliphatic imine (C=N–C) groups is 1. The van der Waals surface area contributed by atoms with Crippen LogP contribution in [0.3, 0.4) is 0 Å². The van der Waals surface area contributed by atoms with E-state index >= 15 is 0 Å². The van der Waals surface area contributed by atoms with E-state index in [1.165, 1.54) is 0 Å². The van der Waals surface area contributed by atoms with Crippen molar-refractivity contribution in [3.63, 3.8) is 0 Å². The third kappa shape index (κ3) is 7.41. The molecule has 0 radical (unpaired) electrons. The summed E-state index contributed by atoms with van der Waals surface area (Å²) in [5.74, 6) is 1.61. The number of hydrogen-bond acceptors (Lipinski definition) is 4. The van der Waals surface area contributed by atoms with E-state index in [2.05, 4.69) is 15.6 Å². The van der Waals surface area contributed by atoms with Crippen molar-refractivity contribution in [2.75, 3.05) is 25.1 Å². The first-order valence-electron chi connectivity index (χ1n) is 5.74. The summed E-state index contributed by atoms with van der Waals surface area (Å²) >= 11 is 0. The Morgan fingerprint density at radius 2 is 2.16 bits per heavy atom. The van der Waals surface area contributed by atoms with Gasteiger partial charge in [-0.1, -0.05) is 6.92 Å². The zero-order chi connectivity index (χ0) is 13.4.